The molecule has 0 aliphatic heterocycles. The number of hydrogen-bond acceptors (Lipinski definition) is 7. The van der Waals surface area contributed by atoms with E-state index in [0.717, 1.165) is 0 Å². The predicted octanol–water partition coefficient (Wildman–Crippen LogP) is 0.0378. The van der Waals surface area contributed by atoms with E-state index >= 15 is 0 Å². The zero-order valence-electron chi connectivity index (χ0n) is 9.48. The number of hydrogen-bond donors (Lipinski definition) is 1. The van der Waals surface area contributed by atoms with E-state index in [4.69, 9.17) is 10.5 Å². The molecule has 18 heavy (non-hydrogen) atoms. The molecule has 1 heterocycles. The predicted molar refractivity (Wildman–Crippen MR) is 60.3 cm³/mol. The van der Waals surface area contributed by atoms with Crippen molar-refractivity contribution in [2.45, 2.75) is 6.54 Å². The molecule has 2 aromatic rings. The van der Waals surface area contributed by atoms with Crippen molar-refractivity contribution >= 4 is 5.69 Å². The molecule has 1 aromatic carbocycles. The van der Waals surface area contributed by atoms with Gasteiger partial charge in [-0.25, -0.2) is 0 Å². The number of nitrogens with two attached hydrogens (primary N) is 1. The van der Waals surface area contributed by atoms with Crippen molar-refractivity contribution in [1.82, 2.24) is 20.2 Å². The Morgan fingerprint density at radius 3 is 2.94 bits per heavy atom. The number of nitro groups is 1. The van der Waals surface area contributed by atoms with E-state index in [2.05, 4.69) is 15.5 Å². The Morgan fingerprint density at radius 1 is 1.56 bits per heavy atom. The van der Waals surface area contributed by atoms with Crippen LogP contribution in [0.4, 0.5) is 5.69 Å². The average molecular weight is 250 g/mol. The van der Waals surface area contributed by atoms with Crippen LogP contribution in [0.15, 0.2) is 18.2 Å². The van der Waals surface area contributed by atoms with Gasteiger partial charge >= 0.3 is 0 Å². The number of aromatic nitrogens is 4. The van der Waals surface area contributed by atoms with Crippen molar-refractivity contribution in [2.24, 2.45) is 5.73 Å². The van der Waals surface area contributed by atoms with E-state index in [0.29, 0.717) is 17.3 Å². The van der Waals surface area contributed by atoms with Gasteiger partial charge < -0.3 is 10.5 Å². The van der Waals surface area contributed by atoms with Gasteiger partial charge in [-0.3, -0.25) is 10.1 Å². The van der Waals surface area contributed by atoms with Crippen LogP contribution in [0.25, 0.3) is 5.69 Å². The summed E-state index contributed by atoms with van der Waals surface area (Å²) in [5.41, 5.74) is 5.91. The molecule has 0 spiro atoms. The minimum absolute atomic E-state index is 0.0713. The summed E-state index contributed by atoms with van der Waals surface area (Å²) in [7, 11) is 1.41. The lowest BCUT2D eigenvalue weighted by atomic mass is 10.2. The Morgan fingerprint density at radius 2 is 2.33 bits per heavy atom. The summed E-state index contributed by atoms with van der Waals surface area (Å²) in [6.45, 7) is 0.146. The van der Waals surface area contributed by atoms with Crippen LogP contribution in [0.5, 0.6) is 5.75 Å². The third kappa shape index (κ3) is 1.98. The second-order valence-corrected chi connectivity index (χ2v) is 3.32. The molecule has 0 aliphatic rings. The van der Waals surface area contributed by atoms with Gasteiger partial charge in [0.2, 0.25) is 0 Å². The lowest BCUT2D eigenvalue weighted by Crippen LogP contribution is -2.09. The first-order chi connectivity index (χ1) is 8.67. The molecular weight excluding hydrogens is 240 g/mol. The maximum absolute atomic E-state index is 10.7. The van der Waals surface area contributed by atoms with Gasteiger partial charge in [0.05, 0.1) is 24.6 Å². The van der Waals surface area contributed by atoms with Crippen molar-refractivity contribution in [3.05, 3.63) is 34.1 Å². The fourth-order valence-corrected chi connectivity index (χ4v) is 1.47. The van der Waals surface area contributed by atoms with E-state index in [1.54, 1.807) is 0 Å². The first-order valence-corrected chi connectivity index (χ1v) is 4.97. The fourth-order valence-electron chi connectivity index (χ4n) is 1.47. The highest BCUT2D eigenvalue weighted by Crippen LogP contribution is 2.27. The monoisotopic (exact) mass is 250 g/mol. The molecular formula is C9H10N6O3. The molecule has 2 rings (SSSR count). The number of ether oxygens (including phenoxy) is 1. The Bertz CT molecular complexity index is 581. The number of tetrazole rings is 1. The highest BCUT2D eigenvalue weighted by molar-refractivity contribution is 5.52. The van der Waals surface area contributed by atoms with Crippen LogP contribution in [0, 0.1) is 10.1 Å². The third-order valence-electron chi connectivity index (χ3n) is 2.32. The van der Waals surface area contributed by atoms with Crippen LogP contribution >= 0.6 is 0 Å². The van der Waals surface area contributed by atoms with Gasteiger partial charge in [0, 0.05) is 6.07 Å². The van der Waals surface area contributed by atoms with Gasteiger partial charge in [-0.15, -0.1) is 5.10 Å². The topological polar surface area (TPSA) is 122 Å². The van der Waals surface area contributed by atoms with E-state index in [9.17, 15) is 10.1 Å². The van der Waals surface area contributed by atoms with Gasteiger partial charge in [-0.05, 0) is 16.5 Å². The van der Waals surface area contributed by atoms with E-state index in [-0.39, 0.29) is 12.2 Å². The lowest BCUT2D eigenvalue weighted by molar-refractivity contribution is -0.384. The van der Waals surface area contributed by atoms with Gasteiger partial charge in [0.25, 0.3) is 5.69 Å². The molecule has 0 saturated carbocycles. The quantitative estimate of drug-likeness (QED) is 0.600. The molecule has 94 valence electrons. The van der Waals surface area contributed by atoms with Crippen molar-refractivity contribution in [1.29, 1.82) is 0 Å². The van der Waals surface area contributed by atoms with Crippen LogP contribution in [0.3, 0.4) is 0 Å². The maximum Gasteiger partial charge on any atom is 0.273 e. The van der Waals surface area contributed by atoms with Gasteiger partial charge in [-0.1, -0.05) is 0 Å². The van der Waals surface area contributed by atoms with Gasteiger partial charge in [0.1, 0.15) is 5.69 Å². The van der Waals surface area contributed by atoms with Gasteiger partial charge in [0.15, 0.2) is 11.6 Å². The Hall–Kier alpha value is -2.55. The normalized spacial score (nSPS) is 10.3. The fraction of sp³-hybridized carbons (Fsp3) is 0.222. The largest absolute Gasteiger partial charge is 0.494 e. The van der Waals surface area contributed by atoms with Crippen molar-refractivity contribution in [2.75, 3.05) is 7.11 Å². The number of nitro benzene ring substituents is 1. The summed E-state index contributed by atoms with van der Waals surface area (Å²) in [5, 5.41) is 21.7. The standard InChI is InChI=1S/C9H10N6O3/c1-18-8-4-6(15(16)17)2-3-7(8)14-9(5-10)11-12-13-14/h2-4H,5,10H2,1H3. The van der Waals surface area contributed by atoms with Crippen molar-refractivity contribution in [3.8, 4) is 11.4 Å². The average Bonchev–Trinajstić information content (AvgIpc) is 2.85. The Balaban J connectivity index is 2.54. The first kappa shape index (κ1) is 11.9. The molecule has 0 unspecified atom stereocenters. The SMILES string of the molecule is COc1cc([N+](=O)[O-])ccc1-n1nnnc1CN. The minimum atomic E-state index is -0.504. The summed E-state index contributed by atoms with van der Waals surface area (Å²) >= 11 is 0. The summed E-state index contributed by atoms with van der Waals surface area (Å²) in [5.74, 6) is 0.730. The minimum Gasteiger partial charge on any atom is -0.494 e. The van der Waals surface area contributed by atoms with E-state index in [1.165, 1.54) is 30.0 Å². The molecule has 0 radical (unpaired) electrons. The number of non-ortho nitro benzene ring substituents is 1. The second-order valence-electron chi connectivity index (χ2n) is 3.32. The summed E-state index contributed by atoms with van der Waals surface area (Å²) in [4.78, 5) is 10.2. The maximum atomic E-state index is 10.7. The summed E-state index contributed by atoms with van der Waals surface area (Å²) < 4.78 is 6.48. The molecule has 9 heteroatoms. The number of benzene rings is 1. The molecule has 0 bridgehead atoms. The van der Waals surface area contributed by atoms with Crippen molar-refractivity contribution < 1.29 is 9.66 Å². The highest BCUT2D eigenvalue weighted by atomic mass is 16.6. The van der Waals surface area contributed by atoms with Crippen LogP contribution in [0.2, 0.25) is 0 Å². The third-order valence-corrected chi connectivity index (χ3v) is 2.32. The molecule has 0 aliphatic carbocycles. The highest BCUT2D eigenvalue weighted by Gasteiger charge is 2.15. The molecule has 0 saturated heterocycles. The van der Waals surface area contributed by atoms with Crippen LogP contribution in [-0.4, -0.2) is 32.2 Å². The van der Waals surface area contributed by atoms with E-state index in [1.807, 2.05) is 0 Å². The lowest BCUT2D eigenvalue weighted by Gasteiger charge is -2.08. The Kier molecular flexibility index (Phi) is 3.15. The number of rotatable bonds is 4. The summed E-state index contributed by atoms with van der Waals surface area (Å²) in [6, 6.07) is 4.16. The molecule has 0 fully saturated rings. The number of methoxy groups -OCH3 is 1. The van der Waals surface area contributed by atoms with E-state index < -0.39 is 4.92 Å². The Labute approximate surface area is 101 Å². The molecule has 1 aromatic heterocycles. The molecule has 9 nitrogen and oxygen atoms in total. The first-order valence-electron chi connectivity index (χ1n) is 4.97. The molecule has 0 atom stereocenters. The summed E-state index contributed by atoms with van der Waals surface area (Å²) in [6.07, 6.45) is 0. The van der Waals surface area contributed by atoms with Crippen LogP contribution in [-0.2, 0) is 6.54 Å². The zero-order chi connectivity index (χ0) is 13.1. The second kappa shape index (κ2) is 4.75. The smallest absolute Gasteiger partial charge is 0.273 e. The number of nitrogens with zero attached hydrogens (tertiary/aromatic N) is 5. The molecule has 2 N–H and O–H groups in total. The molecule has 0 amide bonds. The van der Waals surface area contributed by atoms with Crippen LogP contribution in [0.1, 0.15) is 5.82 Å². The zero-order valence-corrected chi connectivity index (χ0v) is 9.48. The van der Waals surface area contributed by atoms with Crippen molar-refractivity contribution in [3.63, 3.8) is 0 Å². The van der Waals surface area contributed by atoms with Crippen LogP contribution < -0.4 is 10.5 Å². The van der Waals surface area contributed by atoms with Gasteiger partial charge in [-0.2, -0.15) is 4.68 Å².